The first-order valence-electron chi connectivity index (χ1n) is 10.2. The van der Waals surface area contributed by atoms with E-state index in [2.05, 4.69) is 26.1 Å². The van der Waals surface area contributed by atoms with E-state index in [4.69, 9.17) is 16.0 Å². The molecular formula is C24H15BrClN3O4S2. The number of amides is 1. The van der Waals surface area contributed by atoms with Gasteiger partial charge in [-0.3, -0.25) is 14.5 Å². The maximum absolute atomic E-state index is 13.1. The molecule has 3 heterocycles. The molecule has 1 saturated heterocycles. The molecule has 4 aromatic rings. The number of hydrogen-bond donors (Lipinski definition) is 1. The van der Waals surface area contributed by atoms with Crippen LogP contribution in [-0.2, 0) is 15.3 Å². The van der Waals surface area contributed by atoms with Gasteiger partial charge in [0.05, 0.1) is 11.8 Å². The summed E-state index contributed by atoms with van der Waals surface area (Å²) in [5.74, 6) is -1.05. The highest BCUT2D eigenvalue weighted by Gasteiger charge is 2.49. The first kappa shape index (κ1) is 23.8. The minimum Gasteiger partial charge on any atom is -0.507 e. The van der Waals surface area contributed by atoms with Crippen molar-refractivity contribution in [3.63, 3.8) is 0 Å². The minimum atomic E-state index is -0.983. The lowest BCUT2D eigenvalue weighted by Gasteiger charge is -2.20. The maximum atomic E-state index is 13.1. The van der Waals surface area contributed by atoms with E-state index < -0.39 is 17.7 Å². The minimum absolute atomic E-state index is 0.0762. The van der Waals surface area contributed by atoms with Gasteiger partial charge < -0.3 is 9.52 Å². The smallest absolute Gasteiger partial charge is 0.302 e. The molecule has 0 bridgehead atoms. The Balaban J connectivity index is 1.51. The van der Waals surface area contributed by atoms with Crippen LogP contribution in [0.2, 0.25) is 5.02 Å². The molecule has 0 radical (unpaired) electrons. The van der Waals surface area contributed by atoms with Crippen LogP contribution in [0.4, 0.5) is 5.13 Å². The number of aromatic nitrogens is 2. The third-order valence-electron chi connectivity index (χ3n) is 5.29. The van der Waals surface area contributed by atoms with Gasteiger partial charge in [-0.15, -0.1) is 10.2 Å². The predicted molar refractivity (Wildman–Crippen MR) is 139 cm³/mol. The summed E-state index contributed by atoms with van der Waals surface area (Å²) in [5, 5.41) is 20.3. The third kappa shape index (κ3) is 4.66. The predicted octanol–water partition coefficient (Wildman–Crippen LogP) is 6.47. The lowest BCUT2D eigenvalue weighted by Crippen LogP contribution is -2.29. The van der Waals surface area contributed by atoms with Crippen LogP contribution in [-0.4, -0.2) is 27.0 Å². The van der Waals surface area contributed by atoms with Crippen LogP contribution >= 0.6 is 50.6 Å². The summed E-state index contributed by atoms with van der Waals surface area (Å²) in [5.41, 5.74) is 1.27. The Morgan fingerprint density at radius 1 is 1.11 bits per heavy atom. The van der Waals surface area contributed by atoms with Crippen molar-refractivity contribution in [2.75, 3.05) is 4.90 Å². The number of anilines is 1. The molecule has 35 heavy (non-hydrogen) atoms. The van der Waals surface area contributed by atoms with E-state index in [1.807, 2.05) is 24.3 Å². The fourth-order valence-electron chi connectivity index (χ4n) is 3.62. The van der Waals surface area contributed by atoms with E-state index in [0.717, 1.165) is 10.0 Å². The topological polar surface area (TPSA) is 96.5 Å². The number of ketones is 1. The number of benzene rings is 2. The summed E-state index contributed by atoms with van der Waals surface area (Å²) >= 11 is 12.2. The second-order valence-electron chi connectivity index (χ2n) is 7.42. The molecule has 2 aromatic carbocycles. The largest absolute Gasteiger partial charge is 0.507 e. The van der Waals surface area contributed by atoms with E-state index in [9.17, 15) is 14.7 Å². The number of rotatable bonds is 6. The fourth-order valence-corrected chi connectivity index (χ4v) is 6.04. The first-order chi connectivity index (χ1) is 16.9. The highest BCUT2D eigenvalue weighted by Crippen LogP contribution is 2.44. The van der Waals surface area contributed by atoms with Gasteiger partial charge in [-0.05, 0) is 35.9 Å². The standard InChI is InChI=1S/C24H15BrClN3O4S2/c25-15-9-7-13(8-10-15)20(30)18-19(17-6-3-11-33-17)29(22(32)21(18)31)23-27-28-24(35-23)34-12-14-4-1-2-5-16(14)26/h1-11,19,30H,12H2/b20-18-. The van der Waals surface area contributed by atoms with E-state index in [-0.39, 0.29) is 16.5 Å². The Morgan fingerprint density at radius 2 is 1.89 bits per heavy atom. The van der Waals surface area contributed by atoms with Crippen molar-refractivity contribution in [2.24, 2.45) is 0 Å². The molecule has 1 unspecified atom stereocenters. The lowest BCUT2D eigenvalue weighted by molar-refractivity contribution is -0.132. The Bertz CT molecular complexity index is 1440. The highest BCUT2D eigenvalue weighted by molar-refractivity contribution is 9.10. The molecule has 5 rings (SSSR count). The van der Waals surface area contributed by atoms with Gasteiger partial charge in [0.25, 0.3) is 5.78 Å². The first-order valence-corrected chi connectivity index (χ1v) is 13.2. The van der Waals surface area contributed by atoms with Crippen molar-refractivity contribution in [1.82, 2.24) is 10.2 Å². The van der Waals surface area contributed by atoms with Gasteiger partial charge in [-0.25, -0.2) is 0 Å². The second kappa shape index (κ2) is 9.98. The molecular weight excluding hydrogens is 574 g/mol. The van der Waals surface area contributed by atoms with Gasteiger partial charge in [-0.1, -0.05) is 81.0 Å². The van der Waals surface area contributed by atoms with E-state index in [1.54, 1.807) is 36.4 Å². The zero-order valence-corrected chi connectivity index (χ0v) is 21.7. The molecule has 1 aliphatic heterocycles. The van der Waals surface area contributed by atoms with Gasteiger partial charge in [0.15, 0.2) is 4.34 Å². The molecule has 1 amide bonds. The number of carbonyl (C=O) groups is 2. The van der Waals surface area contributed by atoms with E-state index in [0.29, 0.717) is 26.4 Å². The Labute approximate surface area is 221 Å². The third-order valence-corrected chi connectivity index (χ3v) is 8.29. The monoisotopic (exact) mass is 587 g/mol. The number of hydrogen-bond acceptors (Lipinski definition) is 8. The average Bonchev–Trinajstić information content (AvgIpc) is 3.60. The molecule has 0 spiro atoms. The van der Waals surface area contributed by atoms with Gasteiger partial charge >= 0.3 is 5.91 Å². The number of Topliss-reactive ketones (excluding diaryl/α,β-unsaturated/α-hetero) is 1. The number of furan rings is 1. The Kier molecular flexibility index (Phi) is 6.79. The molecule has 1 aliphatic rings. The molecule has 7 nitrogen and oxygen atoms in total. The molecule has 1 fully saturated rings. The van der Waals surface area contributed by atoms with Gasteiger partial charge in [0.1, 0.15) is 17.6 Å². The van der Waals surface area contributed by atoms with Crippen LogP contribution in [0.25, 0.3) is 5.76 Å². The molecule has 1 atom stereocenters. The SMILES string of the molecule is O=C1C(=O)N(c2nnc(SCc3ccccc3Cl)s2)C(c2ccco2)/C1=C(/O)c1ccc(Br)cc1. The van der Waals surface area contributed by atoms with Crippen molar-refractivity contribution in [3.05, 3.63) is 98.9 Å². The summed E-state index contributed by atoms with van der Waals surface area (Å²) in [6.07, 6.45) is 1.44. The van der Waals surface area contributed by atoms with Crippen molar-refractivity contribution in [3.8, 4) is 0 Å². The number of thioether (sulfide) groups is 1. The van der Waals surface area contributed by atoms with E-state index >= 15 is 0 Å². The normalized spacial score (nSPS) is 17.3. The van der Waals surface area contributed by atoms with Crippen LogP contribution in [0.5, 0.6) is 0 Å². The number of aliphatic hydroxyl groups excluding tert-OH is 1. The van der Waals surface area contributed by atoms with E-state index in [1.165, 1.54) is 34.3 Å². The van der Waals surface area contributed by atoms with Crippen LogP contribution in [0.3, 0.4) is 0 Å². The van der Waals surface area contributed by atoms with Gasteiger partial charge in [0.2, 0.25) is 5.13 Å². The zero-order valence-electron chi connectivity index (χ0n) is 17.7. The van der Waals surface area contributed by atoms with Gasteiger partial charge in [-0.2, -0.15) is 0 Å². The fraction of sp³-hybridized carbons (Fsp3) is 0.0833. The summed E-state index contributed by atoms with van der Waals surface area (Å²) in [7, 11) is 0. The van der Waals surface area contributed by atoms with Crippen LogP contribution in [0.15, 0.2) is 85.7 Å². The molecule has 176 valence electrons. The summed E-state index contributed by atoms with van der Waals surface area (Å²) in [6, 6.07) is 16.6. The molecule has 2 aromatic heterocycles. The molecule has 11 heteroatoms. The maximum Gasteiger partial charge on any atom is 0.302 e. The summed E-state index contributed by atoms with van der Waals surface area (Å²) in [6.45, 7) is 0. The van der Waals surface area contributed by atoms with Gasteiger partial charge in [0, 0.05) is 20.8 Å². The van der Waals surface area contributed by atoms with Crippen molar-refractivity contribution < 1.29 is 19.1 Å². The van der Waals surface area contributed by atoms with Crippen LogP contribution < -0.4 is 4.90 Å². The second-order valence-corrected chi connectivity index (χ2v) is 10.9. The Hall–Kier alpha value is -2.92. The number of carbonyl (C=O) groups excluding carboxylic acids is 2. The van der Waals surface area contributed by atoms with Crippen LogP contribution in [0.1, 0.15) is 22.9 Å². The molecule has 0 aliphatic carbocycles. The highest BCUT2D eigenvalue weighted by atomic mass is 79.9. The zero-order chi connectivity index (χ0) is 24.5. The van der Waals surface area contributed by atoms with Crippen molar-refractivity contribution in [1.29, 1.82) is 0 Å². The molecule has 1 N–H and O–H groups in total. The number of halogens is 2. The number of aliphatic hydroxyl groups is 1. The van der Waals surface area contributed by atoms with Crippen LogP contribution in [0, 0.1) is 0 Å². The van der Waals surface area contributed by atoms with Crippen molar-refractivity contribution in [2.45, 2.75) is 16.1 Å². The summed E-state index contributed by atoms with van der Waals surface area (Å²) < 4.78 is 6.98. The average molecular weight is 589 g/mol. The lowest BCUT2D eigenvalue weighted by atomic mass is 9.99. The molecule has 0 saturated carbocycles. The summed E-state index contributed by atoms with van der Waals surface area (Å²) in [4.78, 5) is 27.5. The number of nitrogens with zero attached hydrogens (tertiary/aromatic N) is 3. The quantitative estimate of drug-likeness (QED) is 0.0907. The Morgan fingerprint density at radius 3 is 2.60 bits per heavy atom. The van der Waals surface area contributed by atoms with Crippen molar-refractivity contribution >= 4 is 73.2 Å².